The molecular weight excluding hydrogens is 351 g/mol. The Bertz CT molecular complexity index is 959. The maximum absolute atomic E-state index is 10.4. The van der Waals surface area contributed by atoms with Gasteiger partial charge in [0.15, 0.2) is 0 Å². The molecule has 0 spiro atoms. The second-order valence-corrected chi connectivity index (χ2v) is 6.33. The van der Waals surface area contributed by atoms with Gasteiger partial charge in [-0.25, -0.2) is 9.97 Å². The second-order valence-electron chi connectivity index (χ2n) is 5.46. The molecule has 0 aliphatic rings. The average molecular weight is 363 g/mol. The summed E-state index contributed by atoms with van der Waals surface area (Å²) in [6.07, 6.45) is -2.54. The van der Waals surface area contributed by atoms with Crippen molar-refractivity contribution in [2.24, 2.45) is 0 Å². The molecule has 2 heterocycles. The van der Waals surface area contributed by atoms with E-state index in [2.05, 4.69) is 19.9 Å². The van der Waals surface area contributed by atoms with E-state index in [9.17, 15) is 10.2 Å². The zero-order valence-corrected chi connectivity index (χ0v) is 13.7. The minimum Gasteiger partial charge on any atom is -0.382 e. The highest BCUT2D eigenvalue weighted by molar-refractivity contribution is 6.31. The fourth-order valence-corrected chi connectivity index (χ4v) is 2.93. The highest BCUT2D eigenvalue weighted by Crippen LogP contribution is 2.29. The van der Waals surface area contributed by atoms with Crippen molar-refractivity contribution in [1.29, 1.82) is 0 Å². The molecule has 0 unspecified atom stereocenters. The molecular formula is C16H12Cl2N4O2. The Kier molecular flexibility index (Phi) is 3.69. The number of rotatable bonds is 3. The molecule has 24 heavy (non-hydrogen) atoms. The number of aromatic nitrogens is 4. The number of imidazole rings is 2. The highest BCUT2D eigenvalue weighted by atomic mass is 35.5. The van der Waals surface area contributed by atoms with Gasteiger partial charge >= 0.3 is 0 Å². The Morgan fingerprint density at radius 1 is 0.750 bits per heavy atom. The third-order valence-electron chi connectivity index (χ3n) is 3.78. The average Bonchev–Trinajstić information content (AvgIpc) is 3.16. The number of hydrogen-bond donors (Lipinski definition) is 4. The lowest BCUT2D eigenvalue weighted by Crippen LogP contribution is -2.13. The van der Waals surface area contributed by atoms with Gasteiger partial charge in [-0.2, -0.15) is 0 Å². The standard InChI is InChI=1S/C16H12Cl2N4O2/c17-7-1-3-9-11(5-7)21-15(19-9)13(23)14(24)16-20-10-4-2-8(18)6-12(10)22-16/h1-6,13-14,23-24H,(H,19,21)(H,20,22)/t13-,14-/m1/s1. The lowest BCUT2D eigenvalue weighted by atomic mass is 10.2. The van der Waals surface area contributed by atoms with Crippen molar-refractivity contribution in [1.82, 2.24) is 19.9 Å². The van der Waals surface area contributed by atoms with Crippen molar-refractivity contribution in [3.05, 3.63) is 58.1 Å². The molecule has 0 aliphatic heterocycles. The van der Waals surface area contributed by atoms with E-state index >= 15 is 0 Å². The van der Waals surface area contributed by atoms with Gasteiger partial charge in [-0.15, -0.1) is 0 Å². The van der Waals surface area contributed by atoms with Gasteiger partial charge in [0.05, 0.1) is 22.1 Å². The van der Waals surface area contributed by atoms with Crippen molar-refractivity contribution >= 4 is 45.3 Å². The number of nitrogens with one attached hydrogen (secondary N) is 2. The van der Waals surface area contributed by atoms with E-state index in [-0.39, 0.29) is 11.6 Å². The molecule has 4 N–H and O–H groups in total. The number of halogens is 2. The number of H-pyrrole nitrogens is 2. The maximum Gasteiger partial charge on any atom is 0.145 e. The van der Waals surface area contributed by atoms with Crippen molar-refractivity contribution in [3.8, 4) is 0 Å². The van der Waals surface area contributed by atoms with E-state index < -0.39 is 12.2 Å². The summed E-state index contributed by atoms with van der Waals surface area (Å²) in [5, 5.41) is 22.0. The quantitative estimate of drug-likeness (QED) is 0.448. The van der Waals surface area contributed by atoms with E-state index in [1.165, 1.54) is 0 Å². The summed E-state index contributed by atoms with van der Waals surface area (Å²) in [6, 6.07) is 10.3. The van der Waals surface area contributed by atoms with Crippen LogP contribution in [0.5, 0.6) is 0 Å². The predicted octanol–water partition coefficient (Wildman–Crippen LogP) is 3.51. The zero-order chi connectivity index (χ0) is 16.8. The Hall–Kier alpha value is -2.12. The number of fused-ring (bicyclic) bond motifs is 2. The maximum atomic E-state index is 10.4. The summed E-state index contributed by atoms with van der Waals surface area (Å²) >= 11 is 11.9. The second kappa shape index (κ2) is 5.75. The number of nitrogens with zero attached hydrogens (tertiary/aromatic N) is 2. The van der Waals surface area contributed by atoms with Gasteiger partial charge < -0.3 is 20.2 Å². The van der Waals surface area contributed by atoms with Gasteiger partial charge in [-0.05, 0) is 36.4 Å². The fourth-order valence-electron chi connectivity index (χ4n) is 2.58. The van der Waals surface area contributed by atoms with Crippen LogP contribution in [0.25, 0.3) is 22.1 Å². The van der Waals surface area contributed by atoms with Gasteiger partial charge in [0.25, 0.3) is 0 Å². The smallest absolute Gasteiger partial charge is 0.145 e. The summed E-state index contributed by atoms with van der Waals surface area (Å²) < 4.78 is 0. The molecule has 0 aliphatic carbocycles. The van der Waals surface area contributed by atoms with Crippen molar-refractivity contribution in [2.45, 2.75) is 12.2 Å². The Balaban J connectivity index is 1.69. The number of aliphatic hydroxyl groups is 2. The number of hydrogen-bond acceptors (Lipinski definition) is 4. The van der Waals surface area contributed by atoms with Crippen LogP contribution in [-0.4, -0.2) is 30.1 Å². The molecule has 0 saturated heterocycles. The Morgan fingerprint density at radius 2 is 1.17 bits per heavy atom. The first-order valence-corrected chi connectivity index (χ1v) is 7.93. The largest absolute Gasteiger partial charge is 0.382 e. The van der Waals surface area contributed by atoms with E-state index in [1.54, 1.807) is 36.4 Å². The van der Waals surface area contributed by atoms with Crippen LogP contribution in [0, 0.1) is 0 Å². The van der Waals surface area contributed by atoms with Crippen molar-refractivity contribution < 1.29 is 10.2 Å². The number of aromatic amines is 2. The summed E-state index contributed by atoms with van der Waals surface area (Å²) in [5.41, 5.74) is 2.66. The van der Waals surface area contributed by atoms with Crippen LogP contribution in [0.3, 0.4) is 0 Å². The van der Waals surface area contributed by atoms with Crippen LogP contribution in [0.15, 0.2) is 36.4 Å². The van der Waals surface area contributed by atoms with Crippen molar-refractivity contribution in [2.75, 3.05) is 0 Å². The number of aliphatic hydroxyl groups excluding tert-OH is 2. The van der Waals surface area contributed by atoms with E-state index in [1.807, 2.05) is 0 Å². The molecule has 4 aromatic rings. The molecule has 2 aromatic carbocycles. The van der Waals surface area contributed by atoms with Gasteiger partial charge in [0, 0.05) is 10.0 Å². The first kappa shape index (κ1) is 15.4. The van der Waals surface area contributed by atoms with E-state index in [4.69, 9.17) is 23.2 Å². The fraction of sp³-hybridized carbons (Fsp3) is 0.125. The molecule has 2 atom stereocenters. The summed E-state index contributed by atoms with van der Waals surface area (Å²) in [6.45, 7) is 0. The minimum absolute atomic E-state index is 0.234. The number of benzene rings is 2. The van der Waals surface area contributed by atoms with E-state index in [0.29, 0.717) is 32.1 Å². The highest BCUT2D eigenvalue weighted by Gasteiger charge is 2.26. The summed E-state index contributed by atoms with van der Waals surface area (Å²) in [7, 11) is 0. The van der Waals surface area contributed by atoms with Crippen LogP contribution in [0.4, 0.5) is 0 Å². The van der Waals surface area contributed by atoms with Crippen LogP contribution in [0.1, 0.15) is 23.9 Å². The van der Waals surface area contributed by atoms with Gasteiger partial charge in [-0.3, -0.25) is 0 Å². The lowest BCUT2D eigenvalue weighted by Gasteiger charge is -2.13. The molecule has 0 saturated carbocycles. The molecule has 0 amide bonds. The molecule has 0 bridgehead atoms. The molecule has 4 rings (SSSR count). The van der Waals surface area contributed by atoms with Crippen LogP contribution in [-0.2, 0) is 0 Å². The Labute approximate surface area is 146 Å². The predicted molar refractivity (Wildman–Crippen MR) is 92.1 cm³/mol. The van der Waals surface area contributed by atoms with Gasteiger partial charge in [0.2, 0.25) is 0 Å². The monoisotopic (exact) mass is 362 g/mol. The molecule has 2 aromatic heterocycles. The first-order chi connectivity index (χ1) is 11.5. The topological polar surface area (TPSA) is 97.8 Å². The molecule has 0 fully saturated rings. The third kappa shape index (κ3) is 2.63. The van der Waals surface area contributed by atoms with Crippen LogP contribution < -0.4 is 0 Å². The van der Waals surface area contributed by atoms with Gasteiger partial charge in [0.1, 0.15) is 23.9 Å². The SMILES string of the molecule is O[C@@H](c1nc2ccc(Cl)cc2[nH]1)[C@@H](O)c1nc2ccc(Cl)cc2[nH]1. The minimum atomic E-state index is -1.27. The molecule has 6 nitrogen and oxygen atoms in total. The van der Waals surface area contributed by atoms with Gasteiger partial charge in [-0.1, -0.05) is 23.2 Å². The Morgan fingerprint density at radius 3 is 1.58 bits per heavy atom. The zero-order valence-electron chi connectivity index (χ0n) is 12.2. The van der Waals surface area contributed by atoms with Crippen molar-refractivity contribution in [3.63, 3.8) is 0 Å². The lowest BCUT2D eigenvalue weighted by molar-refractivity contribution is 0.00780. The normalized spacial score (nSPS) is 14.3. The van der Waals surface area contributed by atoms with Crippen LogP contribution in [0.2, 0.25) is 10.0 Å². The summed E-state index contributed by atoms with van der Waals surface area (Å²) in [5.74, 6) is 0.469. The first-order valence-electron chi connectivity index (χ1n) is 7.18. The molecule has 122 valence electrons. The summed E-state index contributed by atoms with van der Waals surface area (Å²) in [4.78, 5) is 14.5. The third-order valence-corrected chi connectivity index (χ3v) is 4.25. The molecule has 8 heteroatoms. The molecule has 0 radical (unpaired) electrons. The van der Waals surface area contributed by atoms with E-state index in [0.717, 1.165) is 0 Å². The van der Waals surface area contributed by atoms with Crippen LogP contribution >= 0.6 is 23.2 Å².